The van der Waals surface area contributed by atoms with E-state index in [0.717, 1.165) is 0 Å². The van der Waals surface area contributed by atoms with Crippen LogP contribution in [-0.2, 0) is 5.41 Å². The number of anilines is 4. The summed E-state index contributed by atoms with van der Waals surface area (Å²) < 4.78 is 5.25. The predicted octanol–water partition coefficient (Wildman–Crippen LogP) is 19.2. The third-order valence-electron chi connectivity index (χ3n) is 18.8. The molecular weight excluding hydrogens is 1000 g/mol. The minimum absolute atomic E-state index is 0.145. The number of rotatable bonds is 0. The molecule has 4 nitrogen and oxygen atoms in total. The maximum atomic E-state index is 2.73. The molecule has 398 valence electrons. The van der Waals surface area contributed by atoms with Crippen molar-refractivity contribution in [2.24, 2.45) is 0 Å². The van der Waals surface area contributed by atoms with E-state index in [0.29, 0.717) is 0 Å². The van der Waals surface area contributed by atoms with Gasteiger partial charge in [-0.1, -0.05) is 203 Å². The largest absolute Gasteiger partial charge is 0.337 e. The van der Waals surface area contributed by atoms with Crippen LogP contribution in [0.2, 0.25) is 0 Å². The molecule has 0 radical (unpaired) electrons. The van der Waals surface area contributed by atoms with Crippen LogP contribution in [0.5, 0.6) is 0 Å². The van der Waals surface area contributed by atoms with Gasteiger partial charge in [0.25, 0.3) is 6.71 Å². The van der Waals surface area contributed by atoms with Crippen LogP contribution < -0.4 is 26.2 Å². The van der Waals surface area contributed by atoms with Gasteiger partial charge in [-0.3, -0.25) is 0 Å². The Balaban J connectivity index is 1.14. The highest BCUT2D eigenvalue weighted by Crippen LogP contribution is 2.49. The zero-order valence-electron chi connectivity index (χ0n) is 48.7. The van der Waals surface area contributed by atoms with Crippen molar-refractivity contribution in [1.82, 2.24) is 8.80 Å². The second kappa shape index (κ2) is 16.7. The van der Waals surface area contributed by atoms with Crippen molar-refractivity contribution in [2.75, 3.05) is 9.80 Å². The van der Waals surface area contributed by atoms with Gasteiger partial charge in [-0.15, -0.1) is 0 Å². The second-order valence-corrected chi connectivity index (χ2v) is 26.8. The summed E-state index contributed by atoms with van der Waals surface area (Å²) >= 11 is 0. The summed E-state index contributed by atoms with van der Waals surface area (Å²) in [5.41, 5.74) is 16.8. The van der Waals surface area contributed by atoms with Gasteiger partial charge < -0.3 is 18.6 Å². The monoisotopic (exact) mass is 1070 g/mol. The summed E-state index contributed by atoms with van der Waals surface area (Å²) in [6, 6.07) is 84.3. The zero-order chi connectivity index (χ0) is 56.2. The molecule has 0 bridgehead atoms. The molecule has 0 aliphatic carbocycles. The molecule has 0 atom stereocenters. The third-order valence-corrected chi connectivity index (χ3v) is 18.8. The number of para-hydroxylation sites is 4. The van der Waals surface area contributed by atoms with Gasteiger partial charge in [0.15, 0.2) is 0 Å². The maximum Gasteiger partial charge on any atom is 0.252 e. The highest BCUT2D eigenvalue weighted by atomic mass is 15.2. The summed E-state index contributed by atoms with van der Waals surface area (Å²) in [7, 11) is 0. The fraction of sp³-hybridized carbons (Fsp3) is 0.154. The van der Waals surface area contributed by atoms with E-state index in [9.17, 15) is 0 Å². The van der Waals surface area contributed by atoms with Gasteiger partial charge in [0.05, 0.1) is 33.1 Å². The van der Waals surface area contributed by atoms with Gasteiger partial charge in [-0.25, -0.2) is 0 Å². The Morgan fingerprint density at radius 3 is 0.892 bits per heavy atom. The first-order valence-corrected chi connectivity index (χ1v) is 29.7. The lowest BCUT2D eigenvalue weighted by Crippen LogP contribution is -2.65. The van der Waals surface area contributed by atoms with Crippen LogP contribution in [0.4, 0.5) is 22.7 Å². The molecule has 5 heteroatoms. The van der Waals surface area contributed by atoms with Crippen LogP contribution in [0.1, 0.15) is 67.9 Å². The van der Waals surface area contributed by atoms with Crippen LogP contribution in [0.25, 0.3) is 119 Å². The average Bonchev–Trinajstić information content (AvgIpc) is 1.67. The number of hydrogen-bond donors (Lipinski definition) is 0. The summed E-state index contributed by atoms with van der Waals surface area (Å²) in [5, 5.41) is 19.8. The quantitative estimate of drug-likeness (QED) is 0.141. The fourth-order valence-corrected chi connectivity index (χ4v) is 15.5. The number of hydrogen-bond acceptors (Lipinski definition) is 2. The fourth-order valence-electron chi connectivity index (χ4n) is 15.5. The lowest BCUT2D eigenvalue weighted by molar-refractivity contribution is 0.551. The molecular formula is C78H63BN4. The van der Waals surface area contributed by atoms with Gasteiger partial charge in [0.1, 0.15) is 0 Å². The normalized spacial score (nSPS) is 13.8. The molecule has 11 aromatic carbocycles. The Labute approximate surface area is 483 Å². The highest BCUT2D eigenvalue weighted by Gasteiger charge is 2.48. The Hall–Kier alpha value is -9.32. The molecule has 6 heterocycles. The number of fused-ring (bicyclic) bond motifs is 24. The molecule has 2 aliphatic rings. The average molecular weight is 1070 g/mol. The van der Waals surface area contributed by atoms with Gasteiger partial charge >= 0.3 is 0 Å². The van der Waals surface area contributed by atoms with Crippen molar-refractivity contribution >= 4 is 165 Å². The SMILES string of the molecule is CC(C)(C)c1cc2c3c(c1)N(C(C)(C)C)c1cc4c(cc1B3c1cc3c5ccccc5c5ccccc5c5cccc6c7ccccc7n(c3cc1N2C(C)(C)C)c56)c1ccccc1c1ccccc1c1cccc2c3ccccc3n4c12. The Kier molecular flexibility index (Phi) is 9.72. The van der Waals surface area contributed by atoms with Gasteiger partial charge in [-0.2, -0.15) is 0 Å². The van der Waals surface area contributed by atoms with Crippen molar-refractivity contribution in [2.45, 2.75) is 78.8 Å². The van der Waals surface area contributed by atoms with E-state index in [1.165, 1.54) is 164 Å². The minimum atomic E-state index is -0.339. The van der Waals surface area contributed by atoms with E-state index < -0.39 is 0 Å². The summed E-state index contributed by atoms with van der Waals surface area (Å²) in [6.45, 7) is 21.5. The van der Waals surface area contributed by atoms with E-state index >= 15 is 0 Å². The maximum absolute atomic E-state index is 2.73. The highest BCUT2D eigenvalue weighted by molar-refractivity contribution is 7.00. The molecule has 83 heavy (non-hydrogen) atoms. The molecule has 0 saturated carbocycles. The number of aromatic nitrogens is 2. The third kappa shape index (κ3) is 6.59. The first kappa shape index (κ1) is 48.4. The van der Waals surface area contributed by atoms with E-state index in [1.807, 2.05) is 0 Å². The van der Waals surface area contributed by atoms with Crippen molar-refractivity contribution in [3.05, 3.63) is 224 Å². The van der Waals surface area contributed by atoms with Gasteiger partial charge in [0.2, 0.25) is 0 Å². The van der Waals surface area contributed by atoms with Crippen LogP contribution >= 0.6 is 0 Å². The standard InChI is InChI=1S/C78H63BN4/c1-76(2,3)46-40-71-73-72(41-46)83(78(7,8)9)70-45-68-62(54-31-17-13-27-50(54)48-25-11-15-29-52(48)58-35-23-37-60-56-33-19-21-39-66(56)81(68)75(58)60)43-64(70)79(73)63-42-61-53-30-16-12-26-49(53)47-24-10-14-28-51(47)57-34-22-36-59-55-32-18-20-38-65(55)80(74(57)59)67(61)44-69(63)82(71)77(4,5)6/h10-45H,1-9H3. The van der Waals surface area contributed by atoms with E-state index in [4.69, 9.17) is 0 Å². The number of nitrogens with zero attached hydrogens (tertiary/aromatic N) is 4. The molecule has 0 spiro atoms. The summed E-state index contributed by atoms with van der Waals surface area (Å²) in [4.78, 5) is 5.45. The molecule has 0 unspecified atom stereocenters. The van der Waals surface area contributed by atoms with Crippen LogP contribution in [-0.4, -0.2) is 26.6 Å². The molecule has 17 rings (SSSR count). The first-order chi connectivity index (χ1) is 40.1. The lowest BCUT2D eigenvalue weighted by Gasteiger charge is -2.51. The first-order valence-electron chi connectivity index (χ1n) is 29.7. The molecule has 0 fully saturated rings. The predicted molar refractivity (Wildman–Crippen MR) is 361 cm³/mol. The van der Waals surface area contributed by atoms with Crippen LogP contribution in [0.15, 0.2) is 218 Å². The molecule has 2 aliphatic heterocycles. The lowest BCUT2D eigenvalue weighted by atomic mass is 9.33. The van der Waals surface area contributed by atoms with Crippen molar-refractivity contribution in [3.8, 4) is 0 Å². The summed E-state index contributed by atoms with van der Waals surface area (Å²) in [5.74, 6) is 0. The molecule has 0 amide bonds. The van der Waals surface area contributed by atoms with Gasteiger partial charge in [0, 0.05) is 76.9 Å². The Morgan fingerprint density at radius 1 is 0.265 bits per heavy atom. The second-order valence-electron chi connectivity index (χ2n) is 26.8. The summed E-state index contributed by atoms with van der Waals surface area (Å²) in [6.07, 6.45) is 0. The number of benzene rings is 11. The van der Waals surface area contributed by atoms with Crippen molar-refractivity contribution in [1.29, 1.82) is 0 Å². The minimum Gasteiger partial charge on any atom is -0.337 e. The topological polar surface area (TPSA) is 15.3 Å². The van der Waals surface area contributed by atoms with Crippen LogP contribution in [0, 0.1) is 0 Å². The van der Waals surface area contributed by atoms with E-state index in [-0.39, 0.29) is 23.2 Å². The van der Waals surface area contributed by atoms with Crippen LogP contribution in [0.3, 0.4) is 0 Å². The smallest absolute Gasteiger partial charge is 0.252 e. The van der Waals surface area contributed by atoms with E-state index in [2.05, 4.69) is 299 Å². The Morgan fingerprint density at radius 2 is 0.554 bits per heavy atom. The Bertz CT molecular complexity index is 5150. The molecule has 0 saturated heterocycles. The molecule has 0 N–H and O–H groups in total. The molecule has 15 aromatic rings. The van der Waals surface area contributed by atoms with Crippen molar-refractivity contribution < 1.29 is 0 Å². The molecule has 4 aromatic heterocycles. The van der Waals surface area contributed by atoms with Crippen molar-refractivity contribution in [3.63, 3.8) is 0 Å². The van der Waals surface area contributed by atoms with Gasteiger partial charge in [-0.05, 0) is 148 Å². The zero-order valence-corrected chi connectivity index (χ0v) is 48.7. The van der Waals surface area contributed by atoms with E-state index in [1.54, 1.807) is 0 Å².